The predicted octanol–water partition coefficient (Wildman–Crippen LogP) is 2.11. The van der Waals surface area contributed by atoms with Gasteiger partial charge in [0.05, 0.1) is 0 Å². The van der Waals surface area contributed by atoms with E-state index in [0.717, 1.165) is 5.56 Å². The molecule has 5 heteroatoms. The van der Waals surface area contributed by atoms with Crippen LogP contribution < -0.4 is 5.73 Å². The maximum atomic E-state index is 11.9. The quantitative estimate of drug-likeness (QED) is 0.675. The van der Waals surface area contributed by atoms with E-state index < -0.39 is 11.9 Å². The summed E-state index contributed by atoms with van der Waals surface area (Å²) < 4.78 is 10.1. The zero-order valence-corrected chi connectivity index (χ0v) is 11.3. The molecule has 0 spiro atoms. The van der Waals surface area contributed by atoms with Crippen molar-refractivity contribution in [3.8, 4) is 6.07 Å². The van der Waals surface area contributed by atoms with E-state index >= 15 is 0 Å². The molecule has 2 rings (SSSR count). The normalized spacial score (nSPS) is 17.3. The maximum absolute atomic E-state index is 11.9. The molecule has 5 nitrogen and oxygen atoms in total. The Balaban J connectivity index is 2.36. The van der Waals surface area contributed by atoms with Gasteiger partial charge in [-0.1, -0.05) is 43.0 Å². The van der Waals surface area contributed by atoms with E-state index in [1.807, 2.05) is 36.4 Å². The van der Waals surface area contributed by atoms with E-state index in [4.69, 9.17) is 15.2 Å². The van der Waals surface area contributed by atoms with Crippen molar-refractivity contribution in [1.29, 1.82) is 5.26 Å². The fourth-order valence-electron chi connectivity index (χ4n) is 1.96. The maximum Gasteiger partial charge on any atom is 0.374 e. The second-order valence-corrected chi connectivity index (χ2v) is 4.30. The van der Waals surface area contributed by atoms with Gasteiger partial charge in [0.1, 0.15) is 18.2 Å². The fourth-order valence-corrected chi connectivity index (χ4v) is 1.96. The van der Waals surface area contributed by atoms with Gasteiger partial charge in [-0.25, -0.2) is 4.79 Å². The Morgan fingerprint density at radius 3 is 2.81 bits per heavy atom. The molecule has 1 aliphatic rings. The smallest absolute Gasteiger partial charge is 0.374 e. The number of rotatable bonds is 4. The van der Waals surface area contributed by atoms with Crippen LogP contribution in [0.2, 0.25) is 0 Å². The molecule has 2 N–H and O–H groups in total. The second-order valence-electron chi connectivity index (χ2n) is 4.30. The van der Waals surface area contributed by atoms with Gasteiger partial charge < -0.3 is 15.2 Å². The van der Waals surface area contributed by atoms with Crippen LogP contribution in [0.3, 0.4) is 0 Å². The van der Waals surface area contributed by atoms with Crippen LogP contribution in [0, 0.1) is 11.3 Å². The molecule has 106 valence electrons. The molecule has 0 saturated heterocycles. The summed E-state index contributed by atoms with van der Waals surface area (Å²) in [6.45, 7) is 3.54. The molecule has 0 radical (unpaired) electrons. The molecule has 0 bridgehead atoms. The molecule has 0 aliphatic carbocycles. The van der Waals surface area contributed by atoms with Gasteiger partial charge >= 0.3 is 5.97 Å². The Kier molecular flexibility index (Phi) is 4.42. The molecule has 0 amide bonds. The van der Waals surface area contributed by atoms with Gasteiger partial charge in [-0.15, -0.1) is 0 Å². The van der Waals surface area contributed by atoms with Crippen molar-refractivity contribution in [3.63, 3.8) is 0 Å². The van der Waals surface area contributed by atoms with E-state index in [1.54, 1.807) is 0 Å². The number of esters is 1. The minimum absolute atomic E-state index is 0.0257. The number of nitriles is 1. The number of hydrogen-bond acceptors (Lipinski definition) is 5. The molecular formula is C16H14N2O3. The first-order valence-corrected chi connectivity index (χ1v) is 6.29. The molecule has 0 fully saturated rings. The fraction of sp³-hybridized carbons (Fsp3) is 0.125. The topological polar surface area (TPSA) is 85.3 Å². The molecule has 21 heavy (non-hydrogen) atoms. The summed E-state index contributed by atoms with van der Waals surface area (Å²) in [5.41, 5.74) is 6.85. The van der Waals surface area contributed by atoms with Crippen LogP contribution >= 0.6 is 0 Å². The number of carbonyl (C=O) groups excluding carboxylic acids is 1. The third kappa shape index (κ3) is 3.12. The van der Waals surface area contributed by atoms with E-state index in [-0.39, 0.29) is 23.8 Å². The van der Waals surface area contributed by atoms with Crippen molar-refractivity contribution in [2.75, 3.05) is 6.61 Å². The molecule has 0 unspecified atom stereocenters. The number of allylic oxidation sites excluding steroid dienone is 2. The van der Waals surface area contributed by atoms with Crippen molar-refractivity contribution in [2.45, 2.75) is 5.92 Å². The SMILES string of the molecule is C=CCOC(=O)C1=C[C@H](c2ccccc2)C(C#N)=C(N)O1. The Bertz CT molecular complexity index is 654. The van der Waals surface area contributed by atoms with Crippen LogP contribution in [0.25, 0.3) is 0 Å². The Morgan fingerprint density at radius 2 is 2.19 bits per heavy atom. The average molecular weight is 282 g/mol. The number of nitrogens with two attached hydrogens (primary N) is 1. The monoisotopic (exact) mass is 282 g/mol. The standard InChI is InChI=1S/C16H14N2O3/c1-2-8-20-16(19)14-9-12(11-6-4-3-5-7-11)13(10-17)15(18)21-14/h2-7,9,12H,1,8,18H2/t12-/m1/s1. The molecule has 1 atom stereocenters. The van der Waals surface area contributed by atoms with Crippen molar-refractivity contribution in [1.82, 2.24) is 0 Å². The van der Waals surface area contributed by atoms with E-state index in [0.29, 0.717) is 0 Å². The highest BCUT2D eigenvalue weighted by Crippen LogP contribution is 2.32. The second kappa shape index (κ2) is 6.44. The van der Waals surface area contributed by atoms with Crippen molar-refractivity contribution >= 4 is 5.97 Å². The molecule has 0 aromatic heterocycles. The van der Waals surface area contributed by atoms with Crippen molar-refractivity contribution < 1.29 is 14.3 Å². The summed E-state index contributed by atoms with van der Waals surface area (Å²) in [5.74, 6) is -1.19. The number of ether oxygens (including phenoxy) is 2. The van der Waals surface area contributed by atoms with Gasteiger partial charge in [-0.3, -0.25) is 0 Å². The average Bonchev–Trinajstić information content (AvgIpc) is 2.52. The Labute approximate surface area is 122 Å². The van der Waals surface area contributed by atoms with Crippen LogP contribution in [-0.4, -0.2) is 12.6 Å². The lowest BCUT2D eigenvalue weighted by atomic mass is 9.90. The highest BCUT2D eigenvalue weighted by Gasteiger charge is 2.28. The van der Waals surface area contributed by atoms with Gasteiger partial charge in [0.2, 0.25) is 11.6 Å². The first-order chi connectivity index (χ1) is 10.2. The lowest BCUT2D eigenvalue weighted by molar-refractivity contribution is -0.141. The van der Waals surface area contributed by atoms with Crippen LogP contribution in [0.4, 0.5) is 0 Å². The Morgan fingerprint density at radius 1 is 1.48 bits per heavy atom. The highest BCUT2D eigenvalue weighted by molar-refractivity contribution is 5.87. The molecule has 1 aromatic rings. The minimum atomic E-state index is -0.643. The zero-order chi connectivity index (χ0) is 15.2. The largest absolute Gasteiger partial charge is 0.456 e. The lowest BCUT2D eigenvalue weighted by Gasteiger charge is -2.21. The first kappa shape index (κ1) is 14.4. The van der Waals surface area contributed by atoms with Gasteiger partial charge in [0, 0.05) is 5.92 Å². The van der Waals surface area contributed by atoms with Gasteiger partial charge in [0.25, 0.3) is 0 Å². The summed E-state index contributed by atoms with van der Waals surface area (Å²) in [6.07, 6.45) is 2.99. The first-order valence-electron chi connectivity index (χ1n) is 6.29. The summed E-state index contributed by atoms with van der Waals surface area (Å²) in [7, 11) is 0. The number of nitrogens with zero attached hydrogens (tertiary/aromatic N) is 1. The van der Waals surface area contributed by atoms with Gasteiger partial charge in [-0.05, 0) is 11.6 Å². The van der Waals surface area contributed by atoms with Crippen molar-refractivity contribution in [2.24, 2.45) is 5.73 Å². The molecule has 0 saturated carbocycles. The third-order valence-electron chi connectivity index (χ3n) is 2.93. The van der Waals surface area contributed by atoms with Crippen molar-refractivity contribution in [3.05, 3.63) is 71.8 Å². The number of hydrogen-bond donors (Lipinski definition) is 1. The third-order valence-corrected chi connectivity index (χ3v) is 2.93. The van der Waals surface area contributed by atoms with Gasteiger partial charge in [-0.2, -0.15) is 5.26 Å². The van der Waals surface area contributed by atoms with Crippen LogP contribution in [0.1, 0.15) is 11.5 Å². The molecule has 1 aliphatic heterocycles. The Hall–Kier alpha value is -3.00. The summed E-state index contributed by atoms with van der Waals surface area (Å²) in [6, 6.07) is 11.3. The number of benzene rings is 1. The molecule has 1 aromatic carbocycles. The van der Waals surface area contributed by atoms with E-state index in [2.05, 4.69) is 6.58 Å². The number of carbonyl (C=O) groups is 1. The highest BCUT2D eigenvalue weighted by atomic mass is 16.6. The summed E-state index contributed by atoms with van der Waals surface area (Å²) in [4.78, 5) is 11.9. The van der Waals surface area contributed by atoms with Crippen LogP contribution in [-0.2, 0) is 14.3 Å². The zero-order valence-electron chi connectivity index (χ0n) is 11.3. The van der Waals surface area contributed by atoms with Gasteiger partial charge in [0.15, 0.2) is 0 Å². The lowest BCUT2D eigenvalue weighted by Crippen LogP contribution is -2.21. The van der Waals surface area contributed by atoms with E-state index in [9.17, 15) is 10.1 Å². The predicted molar refractivity (Wildman–Crippen MR) is 76.3 cm³/mol. The molecule has 1 heterocycles. The minimum Gasteiger partial charge on any atom is -0.456 e. The summed E-state index contributed by atoms with van der Waals surface area (Å²) >= 11 is 0. The van der Waals surface area contributed by atoms with Crippen LogP contribution in [0.5, 0.6) is 0 Å². The molecular weight excluding hydrogens is 268 g/mol. The van der Waals surface area contributed by atoms with Crippen LogP contribution in [0.15, 0.2) is 66.3 Å². The van der Waals surface area contributed by atoms with E-state index in [1.165, 1.54) is 12.2 Å². The summed E-state index contributed by atoms with van der Waals surface area (Å²) in [5, 5.41) is 9.23.